The van der Waals surface area contributed by atoms with Crippen LogP contribution in [-0.2, 0) is 5.75 Å². The molecule has 0 aliphatic heterocycles. The minimum absolute atomic E-state index is 0.0527. The number of hydrogen-bond acceptors (Lipinski definition) is 6. The molecule has 1 aromatic heterocycles. The molecule has 5 nitrogen and oxygen atoms in total. The number of anilines is 1. The van der Waals surface area contributed by atoms with Gasteiger partial charge < -0.3 is 15.2 Å². The predicted octanol–water partition coefficient (Wildman–Crippen LogP) is 5.90. The molecule has 2 aromatic carbocycles. The van der Waals surface area contributed by atoms with Crippen molar-refractivity contribution in [2.75, 3.05) is 25.2 Å². The van der Waals surface area contributed by atoms with Gasteiger partial charge in [0.15, 0.2) is 17.4 Å². The second-order valence-corrected chi connectivity index (χ2v) is 8.03. The standard InChI is InChI=1S/C22H21ClF3N3O2S/c1-32-12-13-8-14(27)10-15(9-13)30-6-2-3-7-31-21-16(4-5-17(24)19(21)26)20-18(25)11-28-22(23)29-20/h4-5,8-11H,2-3,6-7,12,27H2,1H3. The lowest BCUT2D eigenvalue weighted by Gasteiger charge is -2.13. The molecule has 0 unspecified atom stereocenters. The Balaban J connectivity index is 1.60. The van der Waals surface area contributed by atoms with Crippen LogP contribution in [0.15, 0.2) is 36.5 Å². The summed E-state index contributed by atoms with van der Waals surface area (Å²) in [6.07, 6.45) is 3.94. The van der Waals surface area contributed by atoms with Crippen molar-refractivity contribution in [2.24, 2.45) is 0 Å². The van der Waals surface area contributed by atoms with Gasteiger partial charge in [-0.3, -0.25) is 0 Å². The van der Waals surface area contributed by atoms with Crippen molar-refractivity contribution in [3.63, 3.8) is 0 Å². The van der Waals surface area contributed by atoms with Crippen molar-refractivity contribution in [2.45, 2.75) is 18.6 Å². The molecule has 3 rings (SSSR count). The molecule has 3 aromatic rings. The Morgan fingerprint density at radius 1 is 1.03 bits per heavy atom. The summed E-state index contributed by atoms with van der Waals surface area (Å²) < 4.78 is 53.5. The molecule has 0 saturated heterocycles. The lowest BCUT2D eigenvalue weighted by atomic mass is 10.1. The van der Waals surface area contributed by atoms with Gasteiger partial charge in [-0.15, -0.1) is 0 Å². The molecule has 10 heteroatoms. The van der Waals surface area contributed by atoms with E-state index in [0.717, 1.165) is 23.6 Å². The topological polar surface area (TPSA) is 70.3 Å². The Morgan fingerprint density at radius 3 is 2.53 bits per heavy atom. The van der Waals surface area contributed by atoms with Gasteiger partial charge in [0.25, 0.3) is 0 Å². The average Bonchev–Trinajstić information content (AvgIpc) is 2.75. The SMILES string of the molecule is CSCc1cc(N)cc(OCCCCOc2c(-c3nc(Cl)ncc3F)ccc(F)c2F)c1. The van der Waals surface area contributed by atoms with Crippen LogP contribution in [0.5, 0.6) is 11.5 Å². The van der Waals surface area contributed by atoms with Crippen molar-refractivity contribution in [1.29, 1.82) is 0 Å². The van der Waals surface area contributed by atoms with Crippen molar-refractivity contribution in [1.82, 2.24) is 9.97 Å². The molecule has 0 aliphatic carbocycles. The summed E-state index contributed by atoms with van der Waals surface area (Å²) in [6.45, 7) is 0.450. The lowest BCUT2D eigenvalue weighted by molar-refractivity contribution is 0.258. The lowest BCUT2D eigenvalue weighted by Crippen LogP contribution is -2.06. The summed E-state index contributed by atoms with van der Waals surface area (Å²) in [7, 11) is 0. The van der Waals surface area contributed by atoms with Gasteiger partial charge in [0, 0.05) is 23.1 Å². The molecule has 0 fully saturated rings. The second kappa shape index (κ2) is 11.3. The molecular weight excluding hydrogens is 463 g/mol. The van der Waals surface area contributed by atoms with Crippen LogP contribution in [0.3, 0.4) is 0 Å². The minimum Gasteiger partial charge on any atom is -0.494 e. The third kappa shape index (κ3) is 6.20. The molecule has 32 heavy (non-hydrogen) atoms. The summed E-state index contributed by atoms with van der Waals surface area (Å²) in [5.74, 6) is -2.11. The molecular formula is C22H21ClF3N3O2S. The van der Waals surface area contributed by atoms with E-state index in [4.69, 9.17) is 26.8 Å². The van der Waals surface area contributed by atoms with E-state index in [1.807, 2.05) is 18.4 Å². The Hall–Kier alpha value is -2.65. The van der Waals surface area contributed by atoms with E-state index in [1.54, 1.807) is 17.8 Å². The van der Waals surface area contributed by atoms with E-state index in [9.17, 15) is 13.2 Å². The number of benzene rings is 2. The Morgan fingerprint density at radius 2 is 1.78 bits per heavy atom. The minimum atomic E-state index is -1.23. The first-order chi connectivity index (χ1) is 15.4. The van der Waals surface area contributed by atoms with Crippen molar-refractivity contribution >= 4 is 29.1 Å². The van der Waals surface area contributed by atoms with Gasteiger partial charge >= 0.3 is 0 Å². The van der Waals surface area contributed by atoms with Crippen molar-refractivity contribution in [3.05, 3.63) is 64.8 Å². The van der Waals surface area contributed by atoms with Crippen LogP contribution in [0.1, 0.15) is 18.4 Å². The number of hydrogen-bond donors (Lipinski definition) is 1. The van der Waals surface area contributed by atoms with Crippen molar-refractivity contribution < 1.29 is 22.6 Å². The quantitative estimate of drug-likeness (QED) is 0.220. The number of aromatic nitrogens is 2. The summed E-state index contributed by atoms with van der Waals surface area (Å²) >= 11 is 7.40. The maximum atomic E-state index is 14.4. The third-order valence-electron chi connectivity index (χ3n) is 4.37. The summed E-state index contributed by atoms with van der Waals surface area (Å²) in [4.78, 5) is 7.30. The van der Waals surface area contributed by atoms with Crippen LogP contribution in [0.4, 0.5) is 18.9 Å². The van der Waals surface area contributed by atoms with Gasteiger partial charge in [-0.25, -0.2) is 18.7 Å². The summed E-state index contributed by atoms with van der Waals surface area (Å²) in [5, 5.41) is -0.225. The highest BCUT2D eigenvalue weighted by Crippen LogP contribution is 2.34. The van der Waals surface area contributed by atoms with Gasteiger partial charge in [0.05, 0.1) is 19.4 Å². The maximum absolute atomic E-state index is 14.4. The fourth-order valence-electron chi connectivity index (χ4n) is 2.98. The monoisotopic (exact) mass is 483 g/mol. The van der Waals surface area contributed by atoms with Gasteiger partial charge in [0.2, 0.25) is 11.1 Å². The Labute approximate surface area is 193 Å². The normalized spacial score (nSPS) is 10.9. The highest BCUT2D eigenvalue weighted by atomic mass is 35.5. The van der Waals surface area contributed by atoms with E-state index in [2.05, 4.69) is 9.97 Å². The first-order valence-electron chi connectivity index (χ1n) is 9.69. The number of rotatable bonds is 10. The molecule has 0 amide bonds. The van der Waals surface area contributed by atoms with Crippen LogP contribution >= 0.6 is 23.4 Å². The van der Waals surface area contributed by atoms with Crippen LogP contribution in [0, 0.1) is 17.5 Å². The number of ether oxygens (including phenoxy) is 2. The van der Waals surface area contributed by atoms with Crippen LogP contribution in [0.2, 0.25) is 5.28 Å². The number of thioether (sulfide) groups is 1. The number of nitrogens with two attached hydrogens (primary N) is 1. The fraction of sp³-hybridized carbons (Fsp3) is 0.273. The van der Waals surface area contributed by atoms with E-state index in [1.165, 1.54) is 6.07 Å². The maximum Gasteiger partial charge on any atom is 0.223 e. The molecule has 0 aliphatic rings. The van der Waals surface area contributed by atoms with Gasteiger partial charge in [0.1, 0.15) is 11.4 Å². The van der Waals surface area contributed by atoms with Crippen LogP contribution in [-0.4, -0.2) is 29.4 Å². The number of halogens is 4. The first kappa shape index (κ1) is 24.0. The molecule has 0 atom stereocenters. The average molecular weight is 484 g/mol. The summed E-state index contributed by atoms with van der Waals surface area (Å²) in [5.41, 5.74) is 7.27. The molecule has 0 saturated carbocycles. The molecule has 0 bridgehead atoms. The Bertz CT molecular complexity index is 1090. The van der Waals surface area contributed by atoms with E-state index < -0.39 is 23.2 Å². The molecule has 2 N–H and O–H groups in total. The molecule has 1 heterocycles. The zero-order valence-electron chi connectivity index (χ0n) is 17.2. The molecule has 0 spiro atoms. The van der Waals surface area contributed by atoms with E-state index in [-0.39, 0.29) is 23.1 Å². The smallest absolute Gasteiger partial charge is 0.223 e. The summed E-state index contributed by atoms with van der Waals surface area (Å²) in [6, 6.07) is 7.63. The largest absolute Gasteiger partial charge is 0.494 e. The van der Waals surface area contributed by atoms with E-state index in [0.29, 0.717) is 30.9 Å². The van der Waals surface area contributed by atoms with Gasteiger partial charge in [-0.2, -0.15) is 16.2 Å². The zero-order chi connectivity index (χ0) is 23.1. The first-order valence-corrected chi connectivity index (χ1v) is 11.5. The number of nitrogens with zero attached hydrogens (tertiary/aromatic N) is 2. The number of nitrogen functional groups attached to an aromatic ring is 1. The predicted molar refractivity (Wildman–Crippen MR) is 121 cm³/mol. The molecule has 0 radical (unpaired) electrons. The molecule has 170 valence electrons. The van der Waals surface area contributed by atoms with Crippen LogP contribution < -0.4 is 15.2 Å². The zero-order valence-corrected chi connectivity index (χ0v) is 18.8. The highest BCUT2D eigenvalue weighted by molar-refractivity contribution is 7.97. The van der Waals surface area contributed by atoms with Crippen LogP contribution in [0.25, 0.3) is 11.3 Å². The third-order valence-corrected chi connectivity index (χ3v) is 5.18. The highest BCUT2D eigenvalue weighted by Gasteiger charge is 2.20. The van der Waals surface area contributed by atoms with Gasteiger partial charge in [-0.05, 0) is 60.5 Å². The van der Waals surface area contributed by atoms with E-state index >= 15 is 0 Å². The number of unbranched alkanes of at least 4 members (excludes halogenated alkanes) is 1. The van der Waals surface area contributed by atoms with Gasteiger partial charge in [-0.1, -0.05) is 0 Å². The van der Waals surface area contributed by atoms with Crippen molar-refractivity contribution in [3.8, 4) is 22.8 Å². The second-order valence-electron chi connectivity index (χ2n) is 6.82. The fourth-order valence-corrected chi connectivity index (χ4v) is 3.62. The Kier molecular flexibility index (Phi) is 8.46.